The van der Waals surface area contributed by atoms with Crippen LogP contribution in [0.3, 0.4) is 0 Å². The normalized spacial score (nSPS) is 18.1. The lowest BCUT2D eigenvalue weighted by atomic mass is 9.98. The van der Waals surface area contributed by atoms with Crippen LogP contribution >= 0.6 is 0 Å². The second-order valence-corrected chi connectivity index (χ2v) is 7.19. The molecule has 1 fully saturated rings. The highest BCUT2D eigenvalue weighted by atomic mass is 32.2. The molecule has 7 nitrogen and oxygen atoms in total. The van der Waals surface area contributed by atoms with Gasteiger partial charge in [0.15, 0.2) is 0 Å². The standard InChI is InChI=1S/C13H27N3O4S/c1-4-20-13(17)12-5-9-16(10-6-12)21(18,19)15-8-7-14-11(2)3/h11-12,14-15H,4-10H2,1-3H3. The Morgan fingerprint density at radius 2 is 1.90 bits per heavy atom. The molecule has 0 aromatic heterocycles. The van der Waals surface area contributed by atoms with Crippen molar-refractivity contribution in [1.82, 2.24) is 14.3 Å². The molecule has 0 aromatic rings. The molecule has 1 aliphatic heterocycles. The van der Waals surface area contributed by atoms with Gasteiger partial charge in [0.2, 0.25) is 0 Å². The summed E-state index contributed by atoms with van der Waals surface area (Å²) in [7, 11) is -3.45. The van der Waals surface area contributed by atoms with Crippen molar-refractivity contribution in [3.8, 4) is 0 Å². The fourth-order valence-electron chi connectivity index (χ4n) is 2.22. The van der Waals surface area contributed by atoms with Gasteiger partial charge in [-0.25, -0.2) is 4.72 Å². The summed E-state index contributed by atoms with van der Waals surface area (Å²) in [6.07, 6.45) is 1.04. The molecule has 0 unspecified atom stereocenters. The smallest absolute Gasteiger partial charge is 0.309 e. The van der Waals surface area contributed by atoms with Crippen molar-refractivity contribution in [3.63, 3.8) is 0 Å². The van der Waals surface area contributed by atoms with Gasteiger partial charge in [0, 0.05) is 32.2 Å². The van der Waals surface area contributed by atoms with E-state index in [1.54, 1.807) is 6.92 Å². The Bertz CT molecular complexity index is 417. The number of hydrogen-bond acceptors (Lipinski definition) is 5. The van der Waals surface area contributed by atoms with E-state index in [1.165, 1.54) is 4.31 Å². The first-order valence-electron chi connectivity index (χ1n) is 7.51. The van der Waals surface area contributed by atoms with Crippen molar-refractivity contribution in [1.29, 1.82) is 0 Å². The molecule has 0 saturated carbocycles. The quantitative estimate of drug-likeness (QED) is 0.489. The van der Waals surface area contributed by atoms with Gasteiger partial charge >= 0.3 is 5.97 Å². The molecular formula is C13H27N3O4S. The van der Waals surface area contributed by atoms with Gasteiger partial charge in [-0.05, 0) is 19.8 Å². The Kier molecular flexibility index (Phi) is 7.58. The summed E-state index contributed by atoms with van der Waals surface area (Å²) < 4.78 is 33.2. The first-order valence-corrected chi connectivity index (χ1v) is 8.95. The average Bonchev–Trinajstić information content (AvgIpc) is 2.44. The molecule has 2 N–H and O–H groups in total. The van der Waals surface area contributed by atoms with Crippen LogP contribution in [-0.2, 0) is 19.7 Å². The molecule has 8 heteroatoms. The van der Waals surface area contributed by atoms with Crippen molar-refractivity contribution in [2.24, 2.45) is 5.92 Å². The van der Waals surface area contributed by atoms with Gasteiger partial charge in [-0.1, -0.05) is 13.8 Å². The zero-order valence-electron chi connectivity index (χ0n) is 13.1. The molecule has 0 amide bonds. The Balaban J connectivity index is 2.36. The summed E-state index contributed by atoms with van der Waals surface area (Å²) in [6, 6.07) is 0.329. The summed E-state index contributed by atoms with van der Waals surface area (Å²) >= 11 is 0. The minimum atomic E-state index is -3.45. The maximum atomic E-state index is 12.1. The van der Waals surface area contributed by atoms with E-state index in [0.717, 1.165) is 0 Å². The molecule has 21 heavy (non-hydrogen) atoms. The second kappa shape index (κ2) is 8.67. The number of ether oxygens (including phenoxy) is 1. The molecule has 0 spiro atoms. The third kappa shape index (κ3) is 6.29. The summed E-state index contributed by atoms with van der Waals surface area (Å²) in [5, 5.41) is 3.15. The Morgan fingerprint density at radius 1 is 1.29 bits per heavy atom. The molecule has 0 radical (unpaired) electrons. The highest BCUT2D eigenvalue weighted by molar-refractivity contribution is 7.87. The number of piperidine rings is 1. The zero-order chi connectivity index (χ0) is 15.9. The molecule has 0 aromatic carbocycles. The molecule has 1 rings (SSSR count). The van der Waals surface area contributed by atoms with Crippen molar-refractivity contribution >= 4 is 16.2 Å². The SMILES string of the molecule is CCOC(=O)C1CCN(S(=O)(=O)NCCNC(C)C)CC1. The number of nitrogens with one attached hydrogen (secondary N) is 2. The maximum Gasteiger partial charge on any atom is 0.309 e. The molecule has 124 valence electrons. The monoisotopic (exact) mass is 321 g/mol. The third-order valence-electron chi connectivity index (χ3n) is 3.38. The Hall–Kier alpha value is -0.700. The van der Waals surface area contributed by atoms with Crippen LogP contribution in [0, 0.1) is 5.92 Å². The molecule has 0 atom stereocenters. The zero-order valence-corrected chi connectivity index (χ0v) is 13.9. The summed E-state index contributed by atoms with van der Waals surface area (Å²) in [5.74, 6) is -0.400. The minimum Gasteiger partial charge on any atom is -0.466 e. The Labute approximate surface area is 127 Å². The van der Waals surface area contributed by atoms with E-state index in [4.69, 9.17) is 4.74 Å². The van der Waals surface area contributed by atoms with Crippen LogP contribution in [0.25, 0.3) is 0 Å². The van der Waals surface area contributed by atoms with Gasteiger partial charge in [-0.2, -0.15) is 12.7 Å². The van der Waals surface area contributed by atoms with Crippen LogP contribution in [0.15, 0.2) is 0 Å². The van der Waals surface area contributed by atoms with E-state index < -0.39 is 10.2 Å². The van der Waals surface area contributed by atoms with Crippen LogP contribution in [0.5, 0.6) is 0 Å². The number of carbonyl (C=O) groups is 1. The van der Waals surface area contributed by atoms with Gasteiger partial charge in [0.1, 0.15) is 0 Å². The minimum absolute atomic E-state index is 0.181. The fourth-order valence-corrected chi connectivity index (χ4v) is 3.46. The predicted octanol–water partition coefficient (Wildman–Crippen LogP) is 0.0939. The molecule has 1 heterocycles. The molecule has 0 bridgehead atoms. The summed E-state index contributed by atoms with van der Waals surface area (Å²) in [6.45, 7) is 7.82. The van der Waals surface area contributed by atoms with E-state index in [-0.39, 0.29) is 11.9 Å². The lowest BCUT2D eigenvalue weighted by molar-refractivity contribution is -0.149. The van der Waals surface area contributed by atoms with E-state index in [1.807, 2.05) is 13.8 Å². The lowest BCUT2D eigenvalue weighted by Crippen LogP contribution is -2.47. The van der Waals surface area contributed by atoms with E-state index >= 15 is 0 Å². The van der Waals surface area contributed by atoms with E-state index in [2.05, 4.69) is 10.0 Å². The van der Waals surface area contributed by atoms with Crippen LogP contribution in [0.4, 0.5) is 0 Å². The first-order chi connectivity index (χ1) is 9.86. The number of esters is 1. The number of carbonyl (C=O) groups excluding carboxylic acids is 1. The average molecular weight is 321 g/mol. The van der Waals surface area contributed by atoms with Crippen molar-refractivity contribution < 1.29 is 17.9 Å². The van der Waals surface area contributed by atoms with Gasteiger partial charge in [-0.3, -0.25) is 4.79 Å². The van der Waals surface area contributed by atoms with Crippen LogP contribution in [0.2, 0.25) is 0 Å². The van der Waals surface area contributed by atoms with Crippen LogP contribution < -0.4 is 10.0 Å². The third-order valence-corrected chi connectivity index (χ3v) is 4.99. The van der Waals surface area contributed by atoms with Gasteiger partial charge in [0.25, 0.3) is 10.2 Å². The lowest BCUT2D eigenvalue weighted by Gasteiger charge is -2.30. The number of nitrogens with zero attached hydrogens (tertiary/aromatic N) is 1. The maximum absolute atomic E-state index is 12.1. The number of rotatable bonds is 8. The van der Waals surface area contributed by atoms with Crippen molar-refractivity contribution in [3.05, 3.63) is 0 Å². The van der Waals surface area contributed by atoms with E-state index in [0.29, 0.717) is 51.7 Å². The highest BCUT2D eigenvalue weighted by Crippen LogP contribution is 2.20. The Morgan fingerprint density at radius 3 is 2.43 bits per heavy atom. The molecule has 1 aliphatic rings. The van der Waals surface area contributed by atoms with E-state index in [9.17, 15) is 13.2 Å². The van der Waals surface area contributed by atoms with Gasteiger partial charge in [-0.15, -0.1) is 0 Å². The molecule has 0 aliphatic carbocycles. The van der Waals surface area contributed by atoms with Crippen molar-refractivity contribution in [2.75, 3.05) is 32.8 Å². The summed E-state index contributed by atoms with van der Waals surface area (Å²) in [5.41, 5.74) is 0. The fraction of sp³-hybridized carbons (Fsp3) is 0.923. The second-order valence-electron chi connectivity index (χ2n) is 5.43. The van der Waals surface area contributed by atoms with Gasteiger partial charge < -0.3 is 10.1 Å². The van der Waals surface area contributed by atoms with Crippen LogP contribution in [-0.4, -0.2) is 57.5 Å². The summed E-state index contributed by atoms with van der Waals surface area (Å²) in [4.78, 5) is 11.6. The predicted molar refractivity (Wildman–Crippen MR) is 81.0 cm³/mol. The largest absolute Gasteiger partial charge is 0.466 e. The first kappa shape index (κ1) is 18.3. The highest BCUT2D eigenvalue weighted by Gasteiger charge is 2.31. The number of hydrogen-bond donors (Lipinski definition) is 2. The molecular weight excluding hydrogens is 294 g/mol. The molecule has 1 saturated heterocycles. The topological polar surface area (TPSA) is 87.7 Å². The van der Waals surface area contributed by atoms with Crippen LogP contribution in [0.1, 0.15) is 33.6 Å². The van der Waals surface area contributed by atoms with Gasteiger partial charge in [0.05, 0.1) is 12.5 Å². The van der Waals surface area contributed by atoms with Crippen molar-refractivity contribution in [2.45, 2.75) is 39.7 Å².